The summed E-state index contributed by atoms with van der Waals surface area (Å²) in [6, 6.07) is 1.40. The first-order chi connectivity index (χ1) is 9.19. The second kappa shape index (κ2) is 5.98. The zero-order chi connectivity index (χ0) is 13.7. The lowest BCUT2D eigenvalue weighted by atomic mass is 10.1. The third-order valence-electron chi connectivity index (χ3n) is 2.62. The predicted octanol–water partition coefficient (Wildman–Crippen LogP) is -0.956. The van der Waals surface area contributed by atoms with E-state index in [0.717, 1.165) is 0 Å². The van der Waals surface area contributed by atoms with Crippen LogP contribution in [0.5, 0.6) is 0 Å². The summed E-state index contributed by atoms with van der Waals surface area (Å²) in [6.45, 7) is 0.203. The zero-order valence-electron chi connectivity index (χ0n) is 10.1. The van der Waals surface area contributed by atoms with Gasteiger partial charge >= 0.3 is 0 Å². The summed E-state index contributed by atoms with van der Waals surface area (Å²) in [4.78, 5) is 26.9. The SMILES string of the molecule is O=C1CC(NC(=O)c2cncc(C#CCO)c2)CN1. The Labute approximate surface area is 110 Å². The van der Waals surface area contributed by atoms with E-state index in [1.165, 1.54) is 12.4 Å². The third kappa shape index (κ3) is 3.53. The molecule has 1 aliphatic heterocycles. The molecule has 6 nitrogen and oxygen atoms in total. The van der Waals surface area contributed by atoms with Crippen molar-refractivity contribution in [2.24, 2.45) is 0 Å². The summed E-state index contributed by atoms with van der Waals surface area (Å²) in [7, 11) is 0. The number of carbonyl (C=O) groups is 2. The Morgan fingerprint density at radius 1 is 1.58 bits per heavy atom. The monoisotopic (exact) mass is 259 g/mol. The Hall–Kier alpha value is -2.39. The smallest absolute Gasteiger partial charge is 0.253 e. The van der Waals surface area contributed by atoms with Crippen molar-refractivity contribution in [2.45, 2.75) is 12.5 Å². The average molecular weight is 259 g/mol. The van der Waals surface area contributed by atoms with Crippen LogP contribution in [-0.2, 0) is 4.79 Å². The fraction of sp³-hybridized carbons (Fsp3) is 0.308. The summed E-state index contributed by atoms with van der Waals surface area (Å²) in [5.74, 6) is 4.82. The van der Waals surface area contributed by atoms with Crippen molar-refractivity contribution in [2.75, 3.05) is 13.2 Å². The number of pyridine rings is 1. The Kier molecular flexibility index (Phi) is 4.11. The molecule has 1 aliphatic rings. The van der Waals surface area contributed by atoms with Crippen LogP contribution in [0.1, 0.15) is 22.3 Å². The number of nitrogens with one attached hydrogen (secondary N) is 2. The first kappa shape index (κ1) is 13.1. The van der Waals surface area contributed by atoms with E-state index in [1.807, 2.05) is 0 Å². The van der Waals surface area contributed by atoms with Crippen molar-refractivity contribution in [3.05, 3.63) is 29.6 Å². The molecule has 1 unspecified atom stereocenters. The quantitative estimate of drug-likeness (QED) is 0.597. The summed E-state index contributed by atoms with van der Waals surface area (Å²) in [5.41, 5.74) is 0.936. The second-order valence-corrected chi connectivity index (χ2v) is 4.10. The van der Waals surface area contributed by atoms with E-state index in [9.17, 15) is 9.59 Å². The lowest BCUT2D eigenvalue weighted by molar-refractivity contribution is -0.119. The number of nitrogens with zero attached hydrogens (tertiary/aromatic N) is 1. The third-order valence-corrected chi connectivity index (χ3v) is 2.62. The van der Waals surface area contributed by atoms with Gasteiger partial charge < -0.3 is 15.7 Å². The minimum atomic E-state index is -0.290. The maximum atomic E-state index is 11.9. The zero-order valence-corrected chi connectivity index (χ0v) is 10.1. The van der Waals surface area contributed by atoms with E-state index < -0.39 is 0 Å². The molecule has 0 bridgehead atoms. The lowest BCUT2D eigenvalue weighted by Gasteiger charge is -2.10. The average Bonchev–Trinajstić information content (AvgIpc) is 2.82. The van der Waals surface area contributed by atoms with Crippen LogP contribution in [0.15, 0.2) is 18.5 Å². The van der Waals surface area contributed by atoms with Crippen LogP contribution >= 0.6 is 0 Å². The molecule has 1 aromatic heterocycles. The molecule has 1 saturated heterocycles. The Morgan fingerprint density at radius 2 is 2.42 bits per heavy atom. The molecule has 98 valence electrons. The van der Waals surface area contributed by atoms with Gasteiger partial charge in [-0.2, -0.15) is 0 Å². The first-order valence-electron chi connectivity index (χ1n) is 5.81. The Bertz CT molecular complexity index is 560. The molecule has 0 radical (unpaired) electrons. The van der Waals surface area contributed by atoms with Gasteiger partial charge in [-0.15, -0.1) is 0 Å². The van der Waals surface area contributed by atoms with Crippen LogP contribution < -0.4 is 10.6 Å². The summed E-state index contributed by atoms with van der Waals surface area (Å²) in [6.07, 6.45) is 3.24. The molecule has 0 aromatic carbocycles. The van der Waals surface area contributed by atoms with Gasteiger partial charge in [-0.05, 0) is 6.07 Å². The Balaban J connectivity index is 2.04. The highest BCUT2D eigenvalue weighted by Crippen LogP contribution is 2.04. The number of rotatable bonds is 2. The molecule has 0 saturated carbocycles. The molecule has 1 atom stereocenters. The summed E-state index contributed by atoms with van der Waals surface area (Å²) in [5, 5.41) is 14.0. The molecule has 2 heterocycles. The van der Waals surface area contributed by atoms with Crippen molar-refractivity contribution in [1.29, 1.82) is 0 Å². The summed E-state index contributed by atoms with van der Waals surface area (Å²) >= 11 is 0. The number of hydrogen-bond acceptors (Lipinski definition) is 4. The van der Waals surface area contributed by atoms with Gasteiger partial charge in [0.15, 0.2) is 0 Å². The van der Waals surface area contributed by atoms with Gasteiger partial charge in [0.05, 0.1) is 11.6 Å². The van der Waals surface area contributed by atoms with Gasteiger partial charge in [-0.25, -0.2) is 0 Å². The van der Waals surface area contributed by atoms with Crippen molar-refractivity contribution >= 4 is 11.8 Å². The van der Waals surface area contributed by atoms with E-state index >= 15 is 0 Å². The van der Waals surface area contributed by atoms with E-state index in [1.54, 1.807) is 6.07 Å². The molecule has 2 amide bonds. The molecular weight excluding hydrogens is 246 g/mol. The van der Waals surface area contributed by atoms with Gasteiger partial charge in [0.2, 0.25) is 5.91 Å². The van der Waals surface area contributed by atoms with E-state index in [0.29, 0.717) is 24.1 Å². The van der Waals surface area contributed by atoms with Crippen molar-refractivity contribution < 1.29 is 14.7 Å². The maximum absolute atomic E-state index is 11.9. The molecule has 3 N–H and O–H groups in total. The van der Waals surface area contributed by atoms with Crippen LogP contribution in [0, 0.1) is 11.8 Å². The molecule has 1 fully saturated rings. The number of aromatic nitrogens is 1. The van der Waals surface area contributed by atoms with E-state index in [-0.39, 0.29) is 24.5 Å². The highest BCUT2D eigenvalue weighted by atomic mass is 16.2. The van der Waals surface area contributed by atoms with E-state index in [2.05, 4.69) is 27.5 Å². The number of aliphatic hydroxyl groups is 1. The van der Waals surface area contributed by atoms with Crippen molar-refractivity contribution in [3.8, 4) is 11.8 Å². The topological polar surface area (TPSA) is 91.3 Å². The van der Waals surface area contributed by atoms with Crippen LogP contribution in [-0.4, -0.2) is 41.1 Å². The summed E-state index contributed by atoms with van der Waals surface area (Å²) < 4.78 is 0. The van der Waals surface area contributed by atoms with Gasteiger partial charge in [-0.1, -0.05) is 11.8 Å². The van der Waals surface area contributed by atoms with Crippen LogP contribution in [0.3, 0.4) is 0 Å². The highest BCUT2D eigenvalue weighted by molar-refractivity contribution is 5.95. The predicted molar refractivity (Wildman–Crippen MR) is 67.1 cm³/mol. The minimum absolute atomic E-state index is 0.0639. The molecule has 1 aromatic rings. The number of amides is 2. The molecule has 0 aliphatic carbocycles. The molecule has 19 heavy (non-hydrogen) atoms. The van der Waals surface area contributed by atoms with Crippen LogP contribution in [0.25, 0.3) is 0 Å². The molecular formula is C13H13N3O3. The maximum Gasteiger partial charge on any atom is 0.253 e. The fourth-order valence-corrected chi connectivity index (χ4v) is 1.75. The lowest BCUT2D eigenvalue weighted by Crippen LogP contribution is -2.36. The van der Waals surface area contributed by atoms with Crippen molar-refractivity contribution in [1.82, 2.24) is 15.6 Å². The standard InChI is InChI=1S/C13H13N3O3/c17-3-1-2-9-4-10(7-14-6-9)13(19)16-11-5-12(18)15-8-11/h4,6-7,11,17H,3,5,8H2,(H,15,18)(H,16,19). The van der Waals surface area contributed by atoms with Gasteiger partial charge in [-0.3, -0.25) is 14.6 Å². The van der Waals surface area contributed by atoms with E-state index in [4.69, 9.17) is 5.11 Å². The Morgan fingerprint density at radius 3 is 3.11 bits per heavy atom. The largest absolute Gasteiger partial charge is 0.384 e. The minimum Gasteiger partial charge on any atom is -0.384 e. The van der Waals surface area contributed by atoms with Gasteiger partial charge in [0.1, 0.15) is 6.61 Å². The number of hydrogen-bond donors (Lipinski definition) is 3. The normalized spacial score (nSPS) is 17.3. The second-order valence-electron chi connectivity index (χ2n) is 4.10. The van der Waals surface area contributed by atoms with Crippen molar-refractivity contribution in [3.63, 3.8) is 0 Å². The highest BCUT2D eigenvalue weighted by Gasteiger charge is 2.23. The van der Waals surface area contributed by atoms with Crippen LogP contribution in [0.4, 0.5) is 0 Å². The molecule has 6 heteroatoms. The number of carbonyl (C=O) groups excluding carboxylic acids is 2. The fourth-order valence-electron chi connectivity index (χ4n) is 1.75. The van der Waals surface area contributed by atoms with Crippen LogP contribution in [0.2, 0.25) is 0 Å². The molecule has 0 spiro atoms. The van der Waals surface area contributed by atoms with Gasteiger partial charge in [0, 0.05) is 30.9 Å². The van der Waals surface area contributed by atoms with Gasteiger partial charge in [0.25, 0.3) is 5.91 Å². The number of aliphatic hydroxyl groups excluding tert-OH is 1. The first-order valence-corrected chi connectivity index (χ1v) is 5.81. The molecule has 2 rings (SSSR count).